The molecule has 2 aliphatic heterocycles. The second-order valence-corrected chi connectivity index (χ2v) is 7.65. The number of urea groups is 1. The second-order valence-electron chi connectivity index (χ2n) is 7.65. The summed E-state index contributed by atoms with van der Waals surface area (Å²) in [6.45, 7) is 2.13. The van der Waals surface area contributed by atoms with Crippen molar-refractivity contribution in [3.8, 4) is 11.5 Å². The lowest BCUT2D eigenvalue weighted by Crippen LogP contribution is -2.42. The van der Waals surface area contributed by atoms with E-state index in [1.54, 1.807) is 25.1 Å². The van der Waals surface area contributed by atoms with Crippen molar-refractivity contribution in [2.45, 2.75) is 18.9 Å². The monoisotopic (exact) mass is 438 g/mol. The average Bonchev–Trinajstić information content (AvgIpc) is 2.93. The predicted molar refractivity (Wildman–Crippen MR) is 113 cm³/mol. The third-order valence-electron chi connectivity index (χ3n) is 5.35. The summed E-state index contributed by atoms with van der Waals surface area (Å²) in [5.41, 5.74) is 5.05. The van der Waals surface area contributed by atoms with Crippen molar-refractivity contribution >= 4 is 29.4 Å². The molecule has 32 heavy (non-hydrogen) atoms. The van der Waals surface area contributed by atoms with Gasteiger partial charge in [0, 0.05) is 17.7 Å². The molecule has 1 saturated heterocycles. The van der Waals surface area contributed by atoms with Gasteiger partial charge in [-0.1, -0.05) is 6.07 Å². The van der Waals surface area contributed by atoms with Gasteiger partial charge in [-0.3, -0.25) is 19.3 Å². The SMILES string of the molecule is C[C@@]1(c2ccc3c(c2)OCCCO3)NC(=O)N(CC(=O)Nc2ccc(C(N)=O)cc2)C1=O. The normalized spacial score (nSPS) is 19.8. The molecule has 10 heteroatoms. The molecule has 2 aromatic carbocycles. The van der Waals surface area contributed by atoms with E-state index < -0.39 is 35.8 Å². The first-order valence-corrected chi connectivity index (χ1v) is 10.0. The minimum atomic E-state index is -1.36. The number of ether oxygens (including phenoxy) is 2. The first kappa shape index (κ1) is 21.2. The van der Waals surface area contributed by atoms with Crippen LogP contribution in [0.25, 0.3) is 0 Å². The highest BCUT2D eigenvalue weighted by atomic mass is 16.5. The maximum atomic E-state index is 13.1. The highest BCUT2D eigenvalue weighted by molar-refractivity contribution is 6.10. The van der Waals surface area contributed by atoms with Crippen molar-refractivity contribution in [2.24, 2.45) is 5.73 Å². The minimum Gasteiger partial charge on any atom is -0.490 e. The lowest BCUT2D eigenvalue weighted by molar-refractivity contribution is -0.133. The molecular formula is C22H22N4O6. The Labute approximate surface area is 183 Å². The Morgan fingerprint density at radius 1 is 1.09 bits per heavy atom. The Balaban J connectivity index is 1.48. The molecule has 0 saturated carbocycles. The third kappa shape index (κ3) is 3.94. The lowest BCUT2D eigenvalue weighted by Gasteiger charge is -2.23. The molecule has 2 aliphatic rings. The van der Waals surface area contributed by atoms with E-state index in [2.05, 4.69) is 10.6 Å². The minimum absolute atomic E-state index is 0.294. The van der Waals surface area contributed by atoms with Gasteiger partial charge in [0.05, 0.1) is 13.2 Å². The third-order valence-corrected chi connectivity index (χ3v) is 5.35. The molecule has 166 valence electrons. The number of nitrogens with one attached hydrogen (secondary N) is 2. The zero-order chi connectivity index (χ0) is 22.9. The molecular weight excluding hydrogens is 416 g/mol. The van der Waals surface area contributed by atoms with Crippen molar-refractivity contribution in [1.82, 2.24) is 10.2 Å². The van der Waals surface area contributed by atoms with Crippen LogP contribution in [0.4, 0.5) is 10.5 Å². The van der Waals surface area contributed by atoms with Crippen molar-refractivity contribution in [3.05, 3.63) is 53.6 Å². The van der Waals surface area contributed by atoms with Crippen LogP contribution in [0, 0.1) is 0 Å². The van der Waals surface area contributed by atoms with Gasteiger partial charge < -0.3 is 25.8 Å². The number of carbonyl (C=O) groups is 4. The summed E-state index contributed by atoms with van der Waals surface area (Å²) in [5, 5.41) is 5.26. The number of hydrogen-bond donors (Lipinski definition) is 3. The Bertz CT molecular complexity index is 1100. The first-order valence-electron chi connectivity index (χ1n) is 10.0. The smallest absolute Gasteiger partial charge is 0.325 e. The highest BCUT2D eigenvalue weighted by Gasteiger charge is 2.49. The molecule has 0 bridgehead atoms. The highest BCUT2D eigenvalue weighted by Crippen LogP contribution is 2.36. The summed E-state index contributed by atoms with van der Waals surface area (Å²) < 4.78 is 11.3. The molecule has 2 heterocycles. The summed E-state index contributed by atoms with van der Waals surface area (Å²) in [6, 6.07) is 10.3. The molecule has 1 atom stereocenters. The molecule has 4 rings (SSSR count). The number of nitrogens with two attached hydrogens (primary N) is 1. The van der Waals surface area contributed by atoms with E-state index in [1.807, 2.05) is 0 Å². The number of primary amides is 1. The van der Waals surface area contributed by atoms with Gasteiger partial charge in [0.2, 0.25) is 11.8 Å². The van der Waals surface area contributed by atoms with Gasteiger partial charge in [-0.2, -0.15) is 0 Å². The van der Waals surface area contributed by atoms with Crippen molar-refractivity contribution in [3.63, 3.8) is 0 Å². The fourth-order valence-electron chi connectivity index (χ4n) is 3.57. The van der Waals surface area contributed by atoms with Gasteiger partial charge in [-0.15, -0.1) is 0 Å². The van der Waals surface area contributed by atoms with Crippen LogP contribution >= 0.6 is 0 Å². The Morgan fingerprint density at radius 3 is 2.47 bits per heavy atom. The van der Waals surface area contributed by atoms with Crippen LogP contribution in [0.5, 0.6) is 11.5 Å². The molecule has 4 N–H and O–H groups in total. The van der Waals surface area contributed by atoms with E-state index in [4.69, 9.17) is 15.2 Å². The zero-order valence-corrected chi connectivity index (χ0v) is 17.3. The van der Waals surface area contributed by atoms with E-state index in [9.17, 15) is 19.2 Å². The number of imide groups is 1. The molecule has 0 spiro atoms. The van der Waals surface area contributed by atoms with E-state index in [0.717, 1.165) is 11.3 Å². The van der Waals surface area contributed by atoms with Crippen molar-refractivity contribution in [1.29, 1.82) is 0 Å². The van der Waals surface area contributed by atoms with Crippen LogP contribution in [0.2, 0.25) is 0 Å². The number of benzene rings is 2. The number of nitrogens with zero attached hydrogens (tertiary/aromatic N) is 1. The topological polar surface area (TPSA) is 140 Å². The number of rotatable bonds is 5. The summed E-state index contributed by atoms with van der Waals surface area (Å²) in [5.74, 6) is -0.639. The van der Waals surface area contributed by atoms with E-state index in [1.165, 1.54) is 24.3 Å². The van der Waals surface area contributed by atoms with Crippen LogP contribution in [0.1, 0.15) is 29.3 Å². The van der Waals surface area contributed by atoms with E-state index in [0.29, 0.717) is 41.5 Å². The molecule has 0 radical (unpaired) electrons. The van der Waals surface area contributed by atoms with Gasteiger partial charge >= 0.3 is 6.03 Å². The van der Waals surface area contributed by atoms with Crippen LogP contribution in [0.3, 0.4) is 0 Å². The van der Waals surface area contributed by atoms with Gasteiger partial charge in [0.25, 0.3) is 5.91 Å². The molecule has 5 amide bonds. The summed E-state index contributed by atoms with van der Waals surface area (Å²) in [4.78, 5) is 50.1. The van der Waals surface area contributed by atoms with Gasteiger partial charge in [-0.05, 0) is 48.9 Å². The summed E-state index contributed by atoms with van der Waals surface area (Å²) >= 11 is 0. The van der Waals surface area contributed by atoms with Gasteiger partial charge in [0.1, 0.15) is 12.1 Å². The standard InChI is InChI=1S/C22H22N4O6/c1-22(14-5-8-16-17(11-14)32-10-2-9-31-16)20(29)26(21(30)25-22)12-18(27)24-15-6-3-13(4-7-15)19(23)28/h3-8,11H,2,9-10,12H2,1H3,(H2,23,28)(H,24,27)(H,25,30)/t22-/m0/s1. The molecule has 1 fully saturated rings. The molecule has 0 unspecified atom stereocenters. The number of amides is 5. The number of hydrogen-bond acceptors (Lipinski definition) is 6. The first-order chi connectivity index (χ1) is 15.3. The molecule has 10 nitrogen and oxygen atoms in total. The summed E-state index contributed by atoms with van der Waals surface area (Å²) in [7, 11) is 0. The van der Waals surface area contributed by atoms with Gasteiger partial charge in [0.15, 0.2) is 11.5 Å². The number of fused-ring (bicyclic) bond motifs is 1. The summed E-state index contributed by atoms with van der Waals surface area (Å²) in [6.07, 6.45) is 0.741. The largest absolute Gasteiger partial charge is 0.490 e. The molecule has 0 aliphatic carbocycles. The Morgan fingerprint density at radius 2 is 1.78 bits per heavy atom. The predicted octanol–water partition coefficient (Wildman–Crippen LogP) is 1.35. The zero-order valence-electron chi connectivity index (χ0n) is 17.3. The molecule has 0 aromatic heterocycles. The van der Waals surface area contributed by atoms with Crippen molar-refractivity contribution in [2.75, 3.05) is 25.1 Å². The van der Waals surface area contributed by atoms with Crippen LogP contribution < -0.4 is 25.8 Å². The van der Waals surface area contributed by atoms with Crippen LogP contribution in [0.15, 0.2) is 42.5 Å². The van der Waals surface area contributed by atoms with Crippen molar-refractivity contribution < 1.29 is 28.7 Å². The second kappa shape index (κ2) is 8.22. The number of carbonyl (C=O) groups excluding carboxylic acids is 4. The van der Waals surface area contributed by atoms with Gasteiger partial charge in [-0.25, -0.2) is 4.79 Å². The lowest BCUT2D eigenvalue weighted by atomic mass is 9.91. The fourth-order valence-corrected chi connectivity index (χ4v) is 3.57. The molecule has 2 aromatic rings. The maximum Gasteiger partial charge on any atom is 0.325 e. The van der Waals surface area contributed by atoms with E-state index >= 15 is 0 Å². The number of anilines is 1. The van der Waals surface area contributed by atoms with E-state index in [-0.39, 0.29) is 0 Å². The quantitative estimate of drug-likeness (QED) is 0.602. The fraction of sp³-hybridized carbons (Fsp3) is 0.273. The van der Waals surface area contributed by atoms with Crippen LogP contribution in [-0.4, -0.2) is 48.4 Å². The maximum absolute atomic E-state index is 13.1. The average molecular weight is 438 g/mol. The Kier molecular flexibility index (Phi) is 5.43. The van der Waals surface area contributed by atoms with Crippen LogP contribution in [-0.2, 0) is 15.1 Å². The Hall–Kier alpha value is -4.08.